The Bertz CT molecular complexity index is 199. The van der Waals surface area contributed by atoms with Gasteiger partial charge >= 0.3 is 0 Å². The maximum atomic E-state index is 11.2. The van der Waals surface area contributed by atoms with E-state index in [1.807, 2.05) is 20.8 Å². The monoisotopic (exact) mass is 199 g/mol. The molecule has 0 heterocycles. The van der Waals surface area contributed by atoms with Crippen LogP contribution in [-0.2, 0) is 9.53 Å². The van der Waals surface area contributed by atoms with Crippen LogP contribution >= 0.6 is 0 Å². The van der Waals surface area contributed by atoms with Crippen molar-refractivity contribution < 1.29 is 9.53 Å². The Morgan fingerprint density at radius 2 is 2.00 bits per heavy atom. The second-order valence-corrected chi connectivity index (χ2v) is 3.85. The first-order valence-corrected chi connectivity index (χ1v) is 4.96. The first-order valence-electron chi connectivity index (χ1n) is 4.96. The van der Waals surface area contributed by atoms with Crippen LogP contribution in [0.1, 0.15) is 33.6 Å². The molecular formula is C11H21NO2. The van der Waals surface area contributed by atoms with E-state index in [-0.39, 0.29) is 18.1 Å². The summed E-state index contributed by atoms with van der Waals surface area (Å²) in [6.45, 7) is 9.70. The highest BCUT2D eigenvalue weighted by Gasteiger charge is 2.14. The zero-order valence-corrected chi connectivity index (χ0v) is 9.59. The summed E-state index contributed by atoms with van der Waals surface area (Å²) >= 11 is 0. The van der Waals surface area contributed by atoms with Crippen molar-refractivity contribution in [3.05, 3.63) is 12.2 Å². The van der Waals surface area contributed by atoms with Gasteiger partial charge in [0.15, 0.2) is 0 Å². The molecule has 0 rings (SSSR count). The third-order valence-corrected chi connectivity index (χ3v) is 1.73. The van der Waals surface area contributed by atoms with Gasteiger partial charge in [0.25, 0.3) is 0 Å². The topological polar surface area (TPSA) is 38.3 Å². The first kappa shape index (κ1) is 13.2. The van der Waals surface area contributed by atoms with Gasteiger partial charge in [-0.3, -0.25) is 4.79 Å². The highest BCUT2D eigenvalue weighted by Crippen LogP contribution is 2.12. The third kappa shape index (κ3) is 6.66. The molecule has 0 bridgehead atoms. The van der Waals surface area contributed by atoms with Crippen LogP contribution in [0.15, 0.2) is 12.2 Å². The predicted molar refractivity (Wildman–Crippen MR) is 58.1 cm³/mol. The summed E-state index contributed by atoms with van der Waals surface area (Å²) in [4.78, 5) is 11.2. The summed E-state index contributed by atoms with van der Waals surface area (Å²) in [6.07, 6.45) is 1.24. The van der Waals surface area contributed by atoms with Gasteiger partial charge in [0.1, 0.15) is 0 Å². The quantitative estimate of drug-likeness (QED) is 0.663. The van der Waals surface area contributed by atoms with Crippen LogP contribution in [0, 0.1) is 0 Å². The van der Waals surface area contributed by atoms with Crippen molar-refractivity contribution in [2.75, 3.05) is 7.05 Å². The number of carbonyl (C=O) groups excluding carboxylic acids is 1. The standard InChI is InChI=1S/C11H21NO2/c1-8(2)6-10(14-9(3)4)7-11(13)12-5/h9-10H,1,6-7H2,2-5H3,(H,12,13). The molecule has 0 fully saturated rings. The summed E-state index contributed by atoms with van der Waals surface area (Å²) < 4.78 is 5.61. The maximum Gasteiger partial charge on any atom is 0.222 e. The lowest BCUT2D eigenvalue weighted by Gasteiger charge is -2.19. The Balaban J connectivity index is 4.09. The van der Waals surface area contributed by atoms with Crippen molar-refractivity contribution in [3.8, 4) is 0 Å². The van der Waals surface area contributed by atoms with Gasteiger partial charge in [-0.1, -0.05) is 5.57 Å². The molecule has 0 saturated heterocycles. The molecule has 14 heavy (non-hydrogen) atoms. The lowest BCUT2D eigenvalue weighted by atomic mass is 10.1. The van der Waals surface area contributed by atoms with Gasteiger partial charge in [0, 0.05) is 7.05 Å². The van der Waals surface area contributed by atoms with Crippen LogP contribution in [0.4, 0.5) is 0 Å². The highest BCUT2D eigenvalue weighted by atomic mass is 16.5. The first-order chi connectivity index (χ1) is 6.45. The molecule has 0 saturated carbocycles. The van der Waals surface area contributed by atoms with Gasteiger partial charge in [0.05, 0.1) is 18.6 Å². The molecular weight excluding hydrogens is 178 g/mol. The number of amides is 1. The van der Waals surface area contributed by atoms with Crippen molar-refractivity contribution >= 4 is 5.91 Å². The van der Waals surface area contributed by atoms with Gasteiger partial charge < -0.3 is 10.1 Å². The molecule has 0 aliphatic rings. The second kappa shape index (κ2) is 6.60. The summed E-state index contributed by atoms with van der Waals surface area (Å²) in [7, 11) is 1.63. The molecule has 0 aromatic carbocycles. The summed E-state index contributed by atoms with van der Waals surface area (Å²) in [5, 5.41) is 2.59. The predicted octanol–water partition coefficient (Wildman–Crippen LogP) is 1.88. The third-order valence-electron chi connectivity index (χ3n) is 1.73. The number of hydrogen-bond acceptors (Lipinski definition) is 2. The van der Waals surface area contributed by atoms with E-state index in [4.69, 9.17) is 4.74 Å². The minimum absolute atomic E-state index is 0.0110. The summed E-state index contributed by atoms with van der Waals surface area (Å²) in [5.41, 5.74) is 1.04. The Morgan fingerprint density at radius 3 is 2.36 bits per heavy atom. The van der Waals surface area contributed by atoms with Crippen molar-refractivity contribution in [2.24, 2.45) is 0 Å². The molecule has 0 radical (unpaired) electrons. The van der Waals surface area contributed by atoms with Crippen LogP contribution in [0.2, 0.25) is 0 Å². The van der Waals surface area contributed by atoms with E-state index in [1.165, 1.54) is 0 Å². The Morgan fingerprint density at radius 1 is 1.43 bits per heavy atom. The fourth-order valence-corrected chi connectivity index (χ4v) is 1.25. The molecule has 3 nitrogen and oxygen atoms in total. The number of nitrogens with one attached hydrogen (secondary N) is 1. The van der Waals surface area contributed by atoms with E-state index in [2.05, 4.69) is 11.9 Å². The average Bonchev–Trinajstić information content (AvgIpc) is 2.01. The van der Waals surface area contributed by atoms with Crippen LogP contribution in [-0.4, -0.2) is 25.2 Å². The summed E-state index contributed by atoms with van der Waals surface area (Å²) in [6, 6.07) is 0. The van der Waals surface area contributed by atoms with E-state index >= 15 is 0 Å². The minimum Gasteiger partial charge on any atom is -0.375 e. The van der Waals surface area contributed by atoms with Gasteiger partial charge in [-0.15, -0.1) is 6.58 Å². The normalized spacial score (nSPS) is 12.6. The summed E-state index contributed by atoms with van der Waals surface area (Å²) in [5.74, 6) is 0.0110. The Kier molecular flexibility index (Phi) is 6.21. The number of ether oxygens (including phenoxy) is 1. The van der Waals surface area contributed by atoms with Crippen molar-refractivity contribution in [1.29, 1.82) is 0 Å². The average molecular weight is 199 g/mol. The van der Waals surface area contributed by atoms with Gasteiger partial charge in [-0.2, -0.15) is 0 Å². The Hall–Kier alpha value is -0.830. The fraction of sp³-hybridized carbons (Fsp3) is 0.727. The fourth-order valence-electron chi connectivity index (χ4n) is 1.25. The van der Waals surface area contributed by atoms with Crippen molar-refractivity contribution in [3.63, 3.8) is 0 Å². The van der Waals surface area contributed by atoms with Gasteiger partial charge in [-0.25, -0.2) is 0 Å². The number of carbonyl (C=O) groups is 1. The second-order valence-electron chi connectivity index (χ2n) is 3.85. The molecule has 3 heteroatoms. The molecule has 0 spiro atoms. The Labute approximate surface area is 86.5 Å². The zero-order valence-electron chi connectivity index (χ0n) is 9.59. The molecule has 0 aromatic heterocycles. The van der Waals surface area contributed by atoms with E-state index < -0.39 is 0 Å². The zero-order chi connectivity index (χ0) is 11.1. The highest BCUT2D eigenvalue weighted by molar-refractivity contribution is 5.76. The SMILES string of the molecule is C=C(C)CC(CC(=O)NC)OC(C)C. The number of rotatable bonds is 6. The van der Waals surface area contributed by atoms with Crippen molar-refractivity contribution in [1.82, 2.24) is 5.32 Å². The van der Waals surface area contributed by atoms with Crippen LogP contribution in [0.3, 0.4) is 0 Å². The van der Waals surface area contributed by atoms with Crippen LogP contribution in [0.5, 0.6) is 0 Å². The van der Waals surface area contributed by atoms with Crippen LogP contribution < -0.4 is 5.32 Å². The largest absolute Gasteiger partial charge is 0.375 e. The van der Waals surface area contributed by atoms with E-state index in [9.17, 15) is 4.79 Å². The lowest BCUT2D eigenvalue weighted by Crippen LogP contribution is -2.27. The van der Waals surface area contributed by atoms with Gasteiger partial charge in [0.2, 0.25) is 5.91 Å². The van der Waals surface area contributed by atoms with E-state index in [1.54, 1.807) is 7.05 Å². The smallest absolute Gasteiger partial charge is 0.222 e. The molecule has 0 aliphatic carbocycles. The maximum absolute atomic E-state index is 11.2. The lowest BCUT2D eigenvalue weighted by molar-refractivity contribution is -0.124. The van der Waals surface area contributed by atoms with Crippen molar-refractivity contribution in [2.45, 2.75) is 45.8 Å². The molecule has 1 unspecified atom stereocenters. The van der Waals surface area contributed by atoms with E-state index in [0.717, 1.165) is 12.0 Å². The molecule has 0 aliphatic heterocycles. The molecule has 1 atom stereocenters. The molecule has 1 N–H and O–H groups in total. The molecule has 82 valence electrons. The molecule has 1 amide bonds. The van der Waals surface area contributed by atoms with Crippen LogP contribution in [0.25, 0.3) is 0 Å². The van der Waals surface area contributed by atoms with E-state index in [0.29, 0.717) is 6.42 Å². The molecule has 0 aromatic rings. The van der Waals surface area contributed by atoms with Gasteiger partial charge in [-0.05, 0) is 27.2 Å². The minimum atomic E-state index is -0.0487. The number of hydrogen-bond donors (Lipinski definition) is 1.